The number of fused-ring (bicyclic) bond motifs is 3. The van der Waals surface area contributed by atoms with Gasteiger partial charge in [-0.3, -0.25) is 4.79 Å². The molecule has 1 N–H and O–H groups in total. The fourth-order valence-electron chi connectivity index (χ4n) is 2.78. The van der Waals surface area contributed by atoms with Gasteiger partial charge in [-0.05, 0) is 31.1 Å². The predicted molar refractivity (Wildman–Crippen MR) is 36.3 cm³/mol. The van der Waals surface area contributed by atoms with Crippen molar-refractivity contribution in [3.8, 4) is 0 Å². The molecule has 2 heteroatoms. The molecule has 0 spiro atoms. The van der Waals surface area contributed by atoms with Crippen molar-refractivity contribution in [3.63, 3.8) is 0 Å². The first-order valence-electron chi connectivity index (χ1n) is 4.16. The molecule has 0 bridgehead atoms. The van der Waals surface area contributed by atoms with Gasteiger partial charge in [-0.15, -0.1) is 0 Å². The maximum Gasteiger partial charge on any atom is 0.225 e. The van der Waals surface area contributed by atoms with E-state index < -0.39 is 0 Å². The third kappa shape index (κ3) is 0.386. The first-order chi connectivity index (χ1) is 4.86. The van der Waals surface area contributed by atoms with Crippen LogP contribution >= 0.6 is 0 Å². The summed E-state index contributed by atoms with van der Waals surface area (Å²) in [5.74, 6) is 2.54. The molecule has 2 nitrogen and oxygen atoms in total. The number of β-lactam (4-membered cyclic amide) rings is 1. The minimum absolute atomic E-state index is 0.319. The standard InChI is InChI=1S/C8H11NO/c10-8-6-3-4-1-2-5(4)7(6)9-8/h4-7H,1-3H2,(H,9,10)/t4-,5+,6-,7-/m1/s1. The van der Waals surface area contributed by atoms with Crippen molar-refractivity contribution >= 4 is 5.91 Å². The lowest BCUT2D eigenvalue weighted by atomic mass is 9.74. The van der Waals surface area contributed by atoms with Gasteiger partial charge in [-0.25, -0.2) is 0 Å². The van der Waals surface area contributed by atoms with E-state index in [2.05, 4.69) is 5.32 Å². The fourth-order valence-corrected chi connectivity index (χ4v) is 2.78. The highest BCUT2D eigenvalue weighted by Crippen LogP contribution is 2.52. The fraction of sp³-hybridized carbons (Fsp3) is 0.875. The van der Waals surface area contributed by atoms with Gasteiger partial charge >= 0.3 is 0 Å². The smallest absolute Gasteiger partial charge is 0.225 e. The number of amides is 1. The Morgan fingerprint density at radius 3 is 2.80 bits per heavy atom. The summed E-state index contributed by atoms with van der Waals surface area (Å²) in [5.41, 5.74) is 0. The second-order valence-corrected chi connectivity index (χ2v) is 3.88. The molecule has 1 aliphatic heterocycles. The molecule has 0 unspecified atom stereocenters. The van der Waals surface area contributed by atoms with E-state index in [1.165, 1.54) is 19.3 Å². The van der Waals surface area contributed by atoms with Gasteiger partial charge in [0.2, 0.25) is 5.91 Å². The van der Waals surface area contributed by atoms with Crippen LogP contribution in [0.4, 0.5) is 0 Å². The van der Waals surface area contributed by atoms with Gasteiger partial charge in [-0.1, -0.05) is 0 Å². The van der Waals surface area contributed by atoms with E-state index in [0.717, 1.165) is 11.8 Å². The Labute approximate surface area is 60.0 Å². The Kier molecular flexibility index (Phi) is 0.715. The highest BCUT2D eigenvalue weighted by atomic mass is 16.2. The minimum atomic E-state index is 0.319. The summed E-state index contributed by atoms with van der Waals surface area (Å²) in [4.78, 5) is 10.9. The average Bonchev–Trinajstić information content (AvgIpc) is 2.01. The van der Waals surface area contributed by atoms with Crippen LogP contribution in [0, 0.1) is 17.8 Å². The molecule has 2 aliphatic carbocycles. The van der Waals surface area contributed by atoms with Crippen molar-refractivity contribution in [2.75, 3.05) is 0 Å². The van der Waals surface area contributed by atoms with Crippen molar-refractivity contribution in [1.82, 2.24) is 5.32 Å². The average molecular weight is 137 g/mol. The van der Waals surface area contributed by atoms with Gasteiger partial charge in [0.25, 0.3) is 0 Å². The van der Waals surface area contributed by atoms with Crippen LogP contribution in [0.3, 0.4) is 0 Å². The van der Waals surface area contributed by atoms with Crippen molar-refractivity contribution < 1.29 is 4.79 Å². The first kappa shape index (κ1) is 5.16. The third-order valence-electron chi connectivity index (χ3n) is 3.57. The van der Waals surface area contributed by atoms with Crippen molar-refractivity contribution in [2.45, 2.75) is 25.3 Å². The quantitative estimate of drug-likeness (QED) is 0.485. The van der Waals surface area contributed by atoms with Crippen LogP contribution < -0.4 is 5.32 Å². The van der Waals surface area contributed by atoms with Crippen LogP contribution in [0.2, 0.25) is 0 Å². The van der Waals surface area contributed by atoms with Crippen molar-refractivity contribution in [1.29, 1.82) is 0 Å². The largest absolute Gasteiger partial charge is 0.352 e. The van der Waals surface area contributed by atoms with Crippen molar-refractivity contribution in [2.24, 2.45) is 17.8 Å². The van der Waals surface area contributed by atoms with E-state index in [-0.39, 0.29) is 0 Å². The number of carbonyl (C=O) groups is 1. The van der Waals surface area contributed by atoms with Gasteiger partial charge in [0, 0.05) is 6.04 Å². The Morgan fingerprint density at radius 2 is 2.30 bits per heavy atom. The molecule has 3 rings (SSSR count). The first-order valence-corrected chi connectivity index (χ1v) is 4.16. The lowest BCUT2D eigenvalue weighted by molar-refractivity contribution is -0.134. The summed E-state index contributed by atoms with van der Waals surface area (Å²) >= 11 is 0. The summed E-state index contributed by atoms with van der Waals surface area (Å²) < 4.78 is 0. The van der Waals surface area contributed by atoms with Gasteiger partial charge in [0.15, 0.2) is 0 Å². The zero-order chi connectivity index (χ0) is 6.72. The van der Waals surface area contributed by atoms with E-state index in [1.54, 1.807) is 0 Å². The second kappa shape index (κ2) is 1.39. The van der Waals surface area contributed by atoms with E-state index in [0.29, 0.717) is 17.9 Å². The van der Waals surface area contributed by atoms with Crippen LogP contribution in [0.15, 0.2) is 0 Å². The Balaban J connectivity index is 1.88. The Morgan fingerprint density at radius 1 is 1.40 bits per heavy atom. The van der Waals surface area contributed by atoms with Crippen LogP contribution in [0.1, 0.15) is 19.3 Å². The highest BCUT2D eigenvalue weighted by molar-refractivity contribution is 5.86. The molecule has 10 heavy (non-hydrogen) atoms. The van der Waals surface area contributed by atoms with Gasteiger partial charge in [0.1, 0.15) is 0 Å². The zero-order valence-corrected chi connectivity index (χ0v) is 5.84. The van der Waals surface area contributed by atoms with E-state index in [1.807, 2.05) is 0 Å². The summed E-state index contributed by atoms with van der Waals surface area (Å²) in [7, 11) is 0. The Hall–Kier alpha value is -0.530. The predicted octanol–water partition coefficient (Wildman–Crippen LogP) is 0.531. The van der Waals surface area contributed by atoms with Crippen LogP contribution in [-0.4, -0.2) is 11.9 Å². The van der Waals surface area contributed by atoms with E-state index >= 15 is 0 Å². The molecule has 1 saturated heterocycles. The molecule has 3 aliphatic rings. The van der Waals surface area contributed by atoms with Crippen molar-refractivity contribution in [3.05, 3.63) is 0 Å². The minimum Gasteiger partial charge on any atom is -0.352 e. The maximum atomic E-state index is 10.9. The molecule has 0 aromatic carbocycles. The number of carbonyl (C=O) groups excluding carboxylic acids is 1. The van der Waals surface area contributed by atoms with Gasteiger partial charge in [0.05, 0.1) is 5.92 Å². The highest BCUT2D eigenvalue weighted by Gasteiger charge is 2.56. The molecule has 3 fully saturated rings. The lowest BCUT2D eigenvalue weighted by Crippen LogP contribution is -2.58. The molecule has 0 aromatic heterocycles. The molecule has 0 aromatic rings. The maximum absolute atomic E-state index is 10.9. The van der Waals surface area contributed by atoms with E-state index in [9.17, 15) is 4.79 Å². The molecule has 54 valence electrons. The normalized spacial score (nSPS) is 55.8. The molecular formula is C8H11NO. The second-order valence-electron chi connectivity index (χ2n) is 3.88. The monoisotopic (exact) mass is 137 g/mol. The Bertz CT molecular complexity index is 201. The molecule has 2 saturated carbocycles. The van der Waals surface area contributed by atoms with Crippen LogP contribution in [0.5, 0.6) is 0 Å². The van der Waals surface area contributed by atoms with Crippen LogP contribution in [-0.2, 0) is 4.79 Å². The summed E-state index contributed by atoms with van der Waals surface area (Å²) in [6.07, 6.45) is 3.94. The van der Waals surface area contributed by atoms with E-state index in [4.69, 9.17) is 0 Å². The number of nitrogens with one attached hydrogen (secondary N) is 1. The lowest BCUT2D eigenvalue weighted by Gasteiger charge is -2.38. The SMILES string of the molecule is O=C1N[C@@H]2[C@H]3CC[C@@H]3C[C@@H]12. The van der Waals surface area contributed by atoms with Gasteiger partial charge in [-0.2, -0.15) is 0 Å². The molecule has 1 heterocycles. The topological polar surface area (TPSA) is 29.1 Å². The molecule has 0 radical (unpaired) electrons. The van der Waals surface area contributed by atoms with Gasteiger partial charge < -0.3 is 5.32 Å². The third-order valence-corrected chi connectivity index (χ3v) is 3.57. The zero-order valence-electron chi connectivity index (χ0n) is 5.84. The summed E-state index contributed by atoms with van der Waals surface area (Å²) in [6, 6.07) is 0.603. The van der Waals surface area contributed by atoms with Crippen LogP contribution in [0.25, 0.3) is 0 Å². The molecular weight excluding hydrogens is 126 g/mol. The molecule has 4 atom stereocenters. The number of rotatable bonds is 0. The number of hydrogen-bond donors (Lipinski definition) is 1. The summed E-state index contributed by atoms with van der Waals surface area (Å²) in [6.45, 7) is 0. The molecule has 1 amide bonds. The number of hydrogen-bond acceptors (Lipinski definition) is 1. The summed E-state index contributed by atoms with van der Waals surface area (Å²) in [5, 5.41) is 3.00.